The van der Waals surface area contributed by atoms with Gasteiger partial charge in [-0.1, -0.05) is 60.7 Å². The molecule has 0 fully saturated rings. The molecule has 0 aliphatic carbocycles. The van der Waals surface area contributed by atoms with Gasteiger partial charge in [0.25, 0.3) is 5.91 Å². The van der Waals surface area contributed by atoms with Crippen LogP contribution < -0.4 is 14.2 Å². The van der Waals surface area contributed by atoms with Crippen molar-refractivity contribution in [2.45, 2.75) is 33.0 Å². The lowest BCUT2D eigenvalue weighted by molar-refractivity contribution is 0.0689. The number of ether oxygens (including phenoxy) is 3. The minimum Gasteiger partial charge on any atom is -0.493 e. The van der Waals surface area contributed by atoms with Gasteiger partial charge in [-0.25, -0.2) is 0 Å². The number of rotatable bonds is 9. The van der Waals surface area contributed by atoms with Crippen molar-refractivity contribution in [3.63, 3.8) is 0 Å². The highest BCUT2D eigenvalue weighted by atomic mass is 16.5. The molecule has 0 aromatic heterocycles. The van der Waals surface area contributed by atoms with Gasteiger partial charge in [0, 0.05) is 18.2 Å². The quantitative estimate of drug-likeness (QED) is 0.470. The zero-order chi connectivity index (χ0) is 22.2. The number of hydrogen-bond acceptors (Lipinski definition) is 4. The van der Waals surface area contributed by atoms with Crippen LogP contribution in [0.2, 0.25) is 0 Å². The Morgan fingerprint density at radius 1 is 0.839 bits per heavy atom. The molecule has 0 radical (unpaired) electrons. The minimum atomic E-state index is -0.0925. The minimum absolute atomic E-state index is 0.0266. The van der Waals surface area contributed by atoms with E-state index >= 15 is 0 Å². The van der Waals surface area contributed by atoms with Gasteiger partial charge in [0.15, 0.2) is 11.5 Å². The van der Waals surface area contributed by atoms with E-state index in [2.05, 4.69) is 0 Å². The first kappa shape index (κ1) is 22.2. The molecular weight excluding hydrogens is 390 g/mol. The zero-order valence-corrected chi connectivity index (χ0v) is 18.5. The third kappa shape index (κ3) is 5.57. The van der Waals surface area contributed by atoms with Gasteiger partial charge in [0.2, 0.25) is 5.75 Å². The third-order valence-electron chi connectivity index (χ3n) is 5.01. The molecule has 3 aromatic carbocycles. The van der Waals surface area contributed by atoms with E-state index in [1.807, 2.05) is 79.4 Å². The first-order chi connectivity index (χ1) is 15.0. The number of carbonyl (C=O) groups is 1. The van der Waals surface area contributed by atoms with Crippen LogP contribution in [0.25, 0.3) is 0 Å². The van der Waals surface area contributed by atoms with Gasteiger partial charge in [-0.2, -0.15) is 0 Å². The van der Waals surface area contributed by atoms with Crippen molar-refractivity contribution in [2.75, 3.05) is 14.2 Å². The maximum atomic E-state index is 13.4. The van der Waals surface area contributed by atoms with E-state index in [1.165, 1.54) is 0 Å². The van der Waals surface area contributed by atoms with Crippen LogP contribution in [-0.4, -0.2) is 31.1 Å². The van der Waals surface area contributed by atoms with Crippen molar-refractivity contribution < 1.29 is 19.0 Å². The topological polar surface area (TPSA) is 48.0 Å². The van der Waals surface area contributed by atoms with Crippen molar-refractivity contribution in [3.8, 4) is 17.2 Å². The molecule has 0 spiro atoms. The molecule has 0 heterocycles. The van der Waals surface area contributed by atoms with Crippen molar-refractivity contribution in [1.29, 1.82) is 0 Å². The van der Waals surface area contributed by atoms with Crippen LogP contribution in [0.5, 0.6) is 17.2 Å². The van der Waals surface area contributed by atoms with E-state index in [1.54, 1.807) is 26.4 Å². The van der Waals surface area contributed by atoms with Crippen molar-refractivity contribution in [3.05, 3.63) is 89.5 Å². The molecule has 0 atom stereocenters. The Morgan fingerprint density at radius 3 is 1.84 bits per heavy atom. The van der Waals surface area contributed by atoms with Crippen molar-refractivity contribution in [1.82, 2.24) is 4.90 Å². The van der Waals surface area contributed by atoms with Crippen LogP contribution >= 0.6 is 0 Å². The lowest BCUT2D eigenvalue weighted by atomic mass is 10.1. The third-order valence-corrected chi connectivity index (χ3v) is 5.01. The molecular formula is C26H29NO4. The maximum Gasteiger partial charge on any atom is 0.254 e. The second kappa shape index (κ2) is 10.5. The highest BCUT2D eigenvalue weighted by molar-refractivity contribution is 5.95. The molecule has 5 nitrogen and oxygen atoms in total. The highest BCUT2D eigenvalue weighted by Crippen LogP contribution is 2.39. The molecule has 0 saturated carbocycles. The van der Waals surface area contributed by atoms with E-state index in [0.717, 1.165) is 11.1 Å². The zero-order valence-electron chi connectivity index (χ0n) is 18.5. The van der Waals surface area contributed by atoms with Crippen LogP contribution in [-0.2, 0) is 13.2 Å². The fourth-order valence-electron chi connectivity index (χ4n) is 3.31. The summed E-state index contributed by atoms with van der Waals surface area (Å²) in [5.41, 5.74) is 2.59. The van der Waals surface area contributed by atoms with Gasteiger partial charge in [0.05, 0.1) is 14.2 Å². The SMILES string of the molecule is COc1cc(C(=O)N(Cc2ccccc2)C(C)C)cc(OC)c1OCc1ccccc1. The Hall–Kier alpha value is -3.47. The molecule has 5 heteroatoms. The van der Waals surface area contributed by atoms with Crippen molar-refractivity contribution >= 4 is 5.91 Å². The molecule has 0 unspecified atom stereocenters. The Morgan fingerprint density at radius 2 is 1.35 bits per heavy atom. The average Bonchev–Trinajstić information content (AvgIpc) is 2.81. The molecule has 0 N–H and O–H groups in total. The van der Waals surface area contributed by atoms with E-state index in [0.29, 0.717) is 36.0 Å². The van der Waals surface area contributed by atoms with Gasteiger partial charge < -0.3 is 19.1 Å². The number of methoxy groups -OCH3 is 2. The van der Waals surface area contributed by atoms with E-state index < -0.39 is 0 Å². The Labute approximate surface area is 184 Å². The smallest absolute Gasteiger partial charge is 0.254 e. The summed E-state index contributed by atoms with van der Waals surface area (Å²) in [7, 11) is 3.12. The fourth-order valence-corrected chi connectivity index (χ4v) is 3.31. The van der Waals surface area contributed by atoms with Gasteiger partial charge >= 0.3 is 0 Å². The van der Waals surface area contributed by atoms with Crippen LogP contribution in [0.15, 0.2) is 72.8 Å². The van der Waals surface area contributed by atoms with Crippen LogP contribution in [0, 0.1) is 0 Å². The summed E-state index contributed by atoms with van der Waals surface area (Å²) in [5.74, 6) is 1.30. The summed E-state index contributed by atoms with van der Waals surface area (Å²) >= 11 is 0. The van der Waals surface area contributed by atoms with Gasteiger partial charge in [-0.15, -0.1) is 0 Å². The molecule has 0 aliphatic heterocycles. The number of amides is 1. The van der Waals surface area contributed by atoms with E-state index in [9.17, 15) is 4.79 Å². The predicted molar refractivity (Wildman–Crippen MR) is 122 cm³/mol. The lowest BCUT2D eigenvalue weighted by Crippen LogP contribution is -2.36. The van der Waals surface area contributed by atoms with E-state index in [-0.39, 0.29) is 11.9 Å². The summed E-state index contributed by atoms with van der Waals surface area (Å²) in [6.45, 7) is 4.90. The second-order valence-corrected chi connectivity index (χ2v) is 7.50. The first-order valence-corrected chi connectivity index (χ1v) is 10.3. The van der Waals surface area contributed by atoms with E-state index in [4.69, 9.17) is 14.2 Å². The number of carbonyl (C=O) groups excluding carboxylic acids is 1. The van der Waals surface area contributed by atoms with Crippen molar-refractivity contribution in [2.24, 2.45) is 0 Å². The van der Waals surface area contributed by atoms with Gasteiger partial charge in [-0.3, -0.25) is 4.79 Å². The van der Waals surface area contributed by atoms with Crippen LogP contribution in [0.3, 0.4) is 0 Å². The average molecular weight is 420 g/mol. The van der Waals surface area contributed by atoms with Crippen LogP contribution in [0.1, 0.15) is 35.3 Å². The Kier molecular flexibility index (Phi) is 7.55. The Bertz CT molecular complexity index is 962. The predicted octanol–water partition coefficient (Wildman–Crippen LogP) is 5.33. The molecule has 3 rings (SSSR count). The molecule has 0 saturated heterocycles. The summed E-state index contributed by atoms with van der Waals surface area (Å²) in [6, 6.07) is 23.3. The summed E-state index contributed by atoms with van der Waals surface area (Å²) in [5, 5.41) is 0. The second-order valence-electron chi connectivity index (χ2n) is 7.50. The molecule has 0 aliphatic rings. The molecule has 3 aromatic rings. The van der Waals surface area contributed by atoms with Gasteiger partial charge in [-0.05, 0) is 37.1 Å². The molecule has 0 bridgehead atoms. The molecule has 31 heavy (non-hydrogen) atoms. The summed E-state index contributed by atoms with van der Waals surface area (Å²) in [4.78, 5) is 15.2. The monoisotopic (exact) mass is 419 g/mol. The number of nitrogens with zero attached hydrogens (tertiary/aromatic N) is 1. The Balaban J connectivity index is 1.88. The number of hydrogen-bond donors (Lipinski definition) is 0. The summed E-state index contributed by atoms with van der Waals surface area (Å²) < 4.78 is 17.1. The standard InChI is InChI=1S/C26H29NO4/c1-19(2)27(17-20-11-7-5-8-12-20)26(28)22-15-23(29-3)25(24(16-22)30-4)31-18-21-13-9-6-10-14-21/h5-16,19H,17-18H2,1-4H3. The van der Waals surface area contributed by atoms with Crippen LogP contribution in [0.4, 0.5) is 0 Å². The maximum absolute atomic E-state index is 13.4. The summed E-state index contributed by atoms with van der Waals surface area (Å²) in [6.07, 6.45) is 0. The highest BCUT2D eigenvalue weighted by Gasteiger charge is 2.23. The number of benzene rings is 3. The molecule has 1 amide bonds. The molecule has 162 valence electrons. The normalized spacial score (nSPS) is 10.6. The van der Waals surface area contributed by atoms with Gasteiger partial charge in [0.1, 0.15) is 6.61 Å². The largest absolute Gasteiger partial charge is 0.493 e. The lowest BCUT2D eigenvalue weighted by Gasteiger charge is -2.27. The first-order valence-electron chi connectivity index (χ1n) is 10.3. The fraction of sp³-hybridized carbons (Fsp3) is 0.269.